The summed E-state index contributed by atoms with van der Waals surface area (Å²) in [6.45, 7) is 23.3. The molecule has 0 bridgehead atoms. The van der Waals surface area contributed by atoms with Crippen LogP contribution in [0.15, 0.2) is 50.1 Å². The molecule has 0 aliphatic carbocycles. The van der Waals surface area contributed by atoms with Crippen LogP contribution in [0.3, 0.4) is 0 Å². The van der Waals surface area contributed by atoms with Crippen molar-refractivity contribution >= 4 is 11.8 Å². The van der Waals surface area contributed by atoms with E-state index in [4.69, 9.17) is 0 Å². The van der Waals surface area contributed by atoms with Gasteiger partial charge in [0, 0.05) is 48.2 Å². The van der Waals surface area contributed by atoms with Gasteiger partial charge in [-0.3, -0.25) is 0 Å². The van der Waals surface area contributed by atoms with Crippen molar-refractivity contribution in [3.8, 4) is 0 Å². The Kier molecular flexibility index (Phi) is 7.50. The number of rotatable bonds is 9. The van der Waals surface area contributed by atoms with Gasteiger partial charge in [0.05, 0.1) is 5.69 Å². The largest absolute Gasteiger partial charge is 0.347 e. The molecular formula is C27H36N2. The van der Waals surface area contributed by atoms with Crippen LogP contribution in [0.2, 0.25) is 0 Å². The van der Waals surface area contributed by atoms with Crippen molar-refractivity contribution in [2.24, 2.45) is 7.05 Å². The van der Waals surface area contributed by atoms with Crippen LogP contribution >= 0.6 is 0 Å². The quantitative estimate of drug-likeness (QED) is 0.414. The Hall–Kier alpha value is -2.74. The minimum absolute atomic E-state index is 0.821. The molecule has 2 aromatic rings. The smallest absolute Gasteiger partial charge is 0.0500 e. The zero-order valence-corrected chi connectivity index (χ0v) is 19.1. The van der Waals surface area contributed by atoms with E-state index in [1.54, 1.807) is 0 Å². The van der Waals surface area contributed by atoms with Crippen molar-refractivity contribution in [1.29, 1.82) is 0 Å². The Labute approximate surface area is 177 Å². The summed E-state index contributed by atoms with van der Waals surface area (Å²) in [5.41, 5.74) is 11.2. The van der Waals surface area contributed by atoms with Gasteiger partial charge in [0.2, 0.25) is 0 Å². The molecular weight excluding hydrogens is 352 g/mol. The second-order valence-electron chi connectivity index (χ2n) is 7.57. The Morgan fingerprint density at radius 1 is 0.897 bits per heavy atom. The highest BCUT2D eigenvalue weighted by Crippen LogP contribution is 2.35. The van der Waals surface area contributed by atoms with Crippen molar-refractivity contribution in [1.82, 2.24) is 9.13 Å². The first-order chi connectivity index (χ1) is 13.8. The van der Waals surface area contributed by atoms with E-state index >= 15 is 0 Å². The van der Waals surface area contributed by atoms with Gasteiger partial charge in [-0.15, -0.1) is 13.2 Å². The van der Waals surface area contributed by atoms with E-state index in [-0.39, 0.29) is 0 Å². The monoisotopic (exact) mass is 388 g/mol. The molecule has 0 aromatic carbocycles. The van der Waals surface area contributed by atoms with E-state index < -0.39 is 0 Å². The highest BCUT2D eigenvalue weighted by Gasteiger charge is 2.24. The van der Waals surface area contributed by atoms with E-state index in [0.717, 1.165) is 25.0 Å². The van der Waals surface area contributed by atoms with Gasteiger partial charge in [-0.1, -0.05) is 37.0 Å². The molecule has 2 rings (SSSR count). The summed E-state index contributed by atoms with van der Waals surface area (Å²) in [7, 11) is 2.15. The SMILES string of the molecule is C=CCc1c(C(=C)n2c(C)c(C)c(C)c2CC=C)c(/C=C\C)n(C)c1C/C=C\C. The van der Waals surface area contributed by atoms with E-state index in [9.17, 15) is 0 Å². The van der Waals surface area contributed by atoms with E-state index in [1.165, 1.54) is 45.0 Å². The molecule has 0 fully saturated rings. The van der Waals surface area contributed by atoms with E-state index in [2.05, 4.69) is 94.8 Å². The van der Waals surface area contributed by atoms with Crippen LogP contribution < -0.4 is 0 Å². The van der Waals surface area contributed by atoms with E-state index in [1.807, 2.05) is 12.2 Å². The van der Waals surface area contributed by atoms with Gasteiger partial charge in [-0.2, -0.15) is 0 Å². The minimum Gasteiger partial charge on any atom is -0.347 e. The molecule has 0 N–H and O–H groups in total. The second-order valence-corrected chi connectivity index (χ2v) is 7.57. The predicted octanol–water partition coefficient (Wildman–Crippen LogP) is 6.88. The maximum absolute atomic E-state index is 4.60. The molecule has 0 aliphatic rings. The molecule has 0 saturated carbocycles. The fourth-order valence-corrected chi connectivity index (χ4v) is 4.23. The summed E-state index contributed by atoms with van der Waals surface area (Å²) in [4.78, 5) is 0. The summed E-state index contributed by atoms with van der Waals surface area (Å²) >= 11 is 0. The number of allylic oxidation sites excluding steroid dienone is 5. The second kappa shape index (κ2) is 9.65. The Morgan fingerprint density at radius 3 is 2.10 bits per heavy atom. The Balaban J connectivity index is 2.86. The van der Waals surface area contributed by atoms with Crippen molar-refractivity contribution in [3.05, 3.63) is 95.1 Å². The molecule has 0 saturated heterocycles. The third kappa shape index (κ3) is 4.03. The van der Waals surface area contributed by atoms with Crippen molar-refractivity contribution < 1.29 is 0 Å². The summed E-state index contributed by atoms with van der Waals surface area (Å²) < 4.78 is 4.64. The topological polar surface area (TPSA) is 9.86 Å². The Morgan fingerprint density at radius 2 is 1.55 bits per heavy atom. The standard InChI is InChI=1S/C27H36N2/c1-10-14-18-25-23(15-11-2)27(26(17-13-4)28(25)9)22(8)29-21(7)19(5)20(6)24(29)16-12-3/h10-14,17H,2-3,8,15-16,18H2,1,4-7,9H3/b14-10-,17-13-. The number of hydrogen-bond donors (Lipinski definition) is 0. The van der Waals surface area contributed by atoms with Gasteiger partial charge in [-0.05, 0) is 63.8 Å². The molecule has 154 valence electrons. The van der Waals surface area contributed by atoms with Crippen LogP contribution in [-0.4, -0.2) is 9.13 Å². The average molecular weight is 389 g/mol. The van der Waals surface area contributed by atoms with Gasteiger partial charge in [-0.25, -0.2) is 0 Å². The van der Waals surface area contributed by atoms with Crippen LogP contribution in [0.4, 0.5) is 0 Å². The first-order valence-electron chi connectivity index (χ1n) is 10.4. The number of aromatic nitrogens is 2. The molecule has 2 aromatic heterocycles. The third-order valence-electron chi connectivity index (χ3n) is 5.93. The Bertz CT molecular complexity index is 987. The van der Waals surface area contributed by atoms with Crippen LogP contribution in [0.5, 0.6) is 0 Å². The van der Waals surface area contributed by atoms with Crippen molar-refractivity contribution in [3.63, 3.8) is 0 Å². The molecule has 2 heteroatoms. The molecule has 0 spiro atoms. The van der Waals surface area contributed by atoms with Crippen LogP contribution in [0.1, 0.15) is 58.9 Å². The molecule has 0 radical (unpaired) electrons. The first-order valence-corrected chi connectivity index (χ1v) is 10.4. The van der Waals surface area contributed by atoms with Crippen LogP contribution in [0, 0.1) is 20.8 Å². The lowest BCUT2D eigenvalue weighted by molar-refractivity contribution is 0.838. The molecule has 0 atom stereocenters. The lowest BCUT2D eigenvalue weighted by Crippen LogP contribution is -2.07. The normalized spacial score (nSPS) is 11.7. The average Bonchev–Trinajstić information content (AvgIpc) is 3.07. The zero-order chi connectivity index (χ0) is 21.7. The van der Waals surface area contributed by atoms with Gasteiger partial charge in [0.25, 0.3) is 0 Å². The molecule has 29 heavy (non-hydrogen) atoms. The van der Waals surface area contributed by atoms with Gasteiger partial charge in [0.15, 0.2) is 0 Å². The maximum atomic E-state index is 4.60. The van der Waals surface area contributed by atoms with Crippen molar-refractivity contribution in [2.75, 3.05) is 0 Å². The lowest BCUT2D eigenvalue weighted by Gasteiger charge is -2.17. The molecule has 0 amide bonds. The van der Waals surface area contributed by atoms with Crippen LogP contribution in [-0.2, 0) is 26.3 Å². The molecule has 0 aliphatic heterocycles. The van der Waals surface area contributed by atoms with Crippen LogP contribution in [0.25, 0.3) is 11.8 Å². The van der Waals surface area contributed by atoms with Gasteiger partial charge >= 0.3 is 0 Å². The van der Waals surface area contributed by atoms with Crippen molar-refractivity contribution in [2.45, 2.75) is 53.9 Å². The van der Waals surface area contributed by atoms with E-state index in [0.29, 0.717) is 0 Å². The molecule has 2 nitrogen and oxygen atoms in total. The van der Waals surface area contributed by atoms with Gasteiger partial charge < -0.3 is 9.13 Å². The summed E-state index contributed by atoms with van der Waals surface area (Å²) in [6, 6.07) is 0. The fourth-order valence-electron chi connectivity index (χ4n) is 4.23. The molecule has 2 heterocycles. The predicted molar refractivity (Wildman–Crippen MR) is 130 cm³/mol. The lowest BCUT2D eigenvalue weighted by atomic mass is 10.0. The summed E-state index contributed by atoms with van der Waals surface area (Å²) in [6.07, 6.45) is 15.1. The third-order valence-corrected chi connectivity index (χ3v) is 5.93. The zero-order valence-electron chi connectivity index (χ0n) is 19.1. The summed E-state index contributed by atoms with van der Waals surface area (Å²) in [5.74, 6) is 0. The maximum Gasteiger partial charge on any atom is 0.0500 e. The summed E-state index contributed by atoms with van der Waals surface area (Å²) in [5, 5.41) is 0. The fraction of sp³-hybridized carbons (Fsp3) is 0.333. The molecule has 0 unspecified atom stereocenters. The highest BCUT2D eigenvalue weighted by atomic mass is 15.0. The van der Waals surface area contributed by atoms with Gasteiger partial charge in [0.1, 0.15) is 0 Å². The number of nitrogens with zero attached hydrogens (tertiary/aromatic N) is 2. The number of hydrogen-bond acceptors (Lipinski definition) is 0. The first kappa shape index (κ1) is 22.5. The minimum atomic E-state index is 0.821. The highest BCUT2D eigenvalue weighted by molar-refractivity contribution is 5.78.